The Morgan fingerprint density at radius 2 is 1.19 bits per heavy atom. The van der Waals surface area contributed by atoms with E-state index in [0.29, 0.717) is 21.3 Å². The molecule has 0 fully saturated rings. The van der Waals surface area contributed by atoms with E-state index in [1.807, 2.05) is 0 Å². The quantitative estimate of drug-likeness (QED) is 0.801. The van der Waals surface area contributed by atoms with Gasteiger partial charge in [-0.25, -0.2) is 9.97 Å². The molecule has 0 saturated carbocycles. The molecule has 2 rings (SSSR count). The van der Waals surface area contributed by atoms with E-state index < -0.39 is 0 Å². The van der Waals surface area contributed by atoms with Gasteiger partial charge in [0, 0.05) is 0 Å². The van der Waals surface area contributed by atoms with Gasteiger partial charge < -0.3 is 5.73 Å². The molecule has 8 heteroatoms. The first-order chi connectivity index (χ1) is 7.58. The van der Waals surface area contributed by atoms with E-state index in [1.165, 1.54) is 24.8 Å². The number of hydrogen-bond acceptors (Lipinski definition) is 5. The molecule has 0 aromatic carbocycles. The molecule has 0 aliphatic rings. The zero-order valence-corrected chi connectivity index (χ0v) is 10.1. The predicted octanol–water partition coefficient (Wildman–Crippen LogP) is 2.50. The van der Waals surface area contributed by atoms with Gasteiger partial charge in [0.05, 0.1) is 24.8 Å². The molecule has 2 aromatic rings. The molecular weight excluding hydrogens is 272 g/mol. The van der Waals surface area contributed by atoms with Crippen molar-refractivity contribution in [2.45, 2.75) is 0 Å². The summed E-state index contributed by atoms with van der Waals surface area (Å²) in [5.74, 6) is 0.345. The fourth-order valence-electron chi connectivity index (χ4n) is 0.676. The van der Waals surface area contributed by atoms with Gasteiger partial charge in [-0.15, -0.1) is 0 Å². The Bertz CT molecular complexity index is 387. The third-order valence-electron chi connectivity index (χ3n) is 1.20. The van der Waals surface area contributed by atoms with Crippen LogP contribution in [0.1, 0.15) is 0 Å². The maximum absolute atomic E-state index is 5.39. The second kappa shape index (κ2) is 6.42. The number of nitrogen functional groups attached to an aromatic ring is 1. The minimum Gasteiger partial charge on any atom is -0.382 e. The second-order valence-electron chi connectivity index (χ2n) is 2.43. The van der Waals surface area contributed by atoms with Gasteiger partial charge >= 0.3 is 0 Å². The topological polar surface area (TPSA) is 77.6 Å². The SMILES string of the molecule is Clc1cncc(Cl)n1.Nc1cncc(Cl)n1. The summed E-state index contributed by atoms with van der Waals surface area (Å²) < 4.78 is 0. The van der Waals surface area contributed by atoms with Crippen molar-refractivity contribution in [1.82, 2.24) is 19.9 Å². The van der Waals surface area contributed by atoms with E-state index in [9.17, 15) is 0 Å². The molecule has 16 heavy (non-hydrogen) atoms. The summed E-state index contributed by atoms with van der Waals surface area (Å²) in [6.45, 7) is 0. The van der Waals surface area contributed by atoms with Crippen LogP contribution in [0.25, 0.3) is 0 Å². The van der Waals surface area contributed by atoms with Crippen LogP contribution in [0.5, 0.6) is 0 Å². The monoisotopic (exact) mass is 277 g/mol. The summed E-state index contributed by atoms with van der Waals surface area (Å²) >= 11 is 16.2. The average molecular weight is 279 g/mol. The van der Waals surface area contributed by atoms with E-state index in [0.717, 1.165) is 0 Å². The summed E-state index contributed by atoms with van der Waals surface area (Å²) in [6, 6.07) is 0. The van der Waals surface area contributed by atoms with Gasteiger partial charge in [0.15, 0.2) is 0 Å². The largest absolute Gasteiger partial charge is 0.382 e. The Morgan fingerprint density at radius 3 is 1.44 bits per heavy atom. The fraction of sp³-hybridized carbons (Fsp3) is 0. The normalized spacial score (nSPS) is 9.19. The van der Waals surface area contributed by atoms with Gasteiger partial charge in [-0.3, -0.25) is 9.97 Å². The number of aromatic nitrogens is 4. The number of hydrogen-bond donors (Lipinski definition) is 1. The summed E-state index contributed by atoms with van der Waals surface area (Å²) in [4.78, 5) is 14.6. The summed E-state index contributed by atoms with van der Waals surface area (Å²) in [6.07, 6.45) is 5.71. The number of anilines is 1. The van der Waals surface area contributed by atoms with E-state index in [2.05, 4.69) is 19.9 Å². The molecule has 0 radical (unpaired) electrons. The van der Waals surface area contributed by atoms with E-state index >= 15 is 0 Å². The Morgan fingerprint density at radius 1 is 0.750 bits per heavy atom. The zero-order chi connectivity index (χ0) is 12.0. The summed E-state index contributed by atoms with van der Waals surface area (Å²) in [5.41, 5.74) is 5.20. The number of nitrogens with zero attached hydrogens (tertiary/aromatic N) is 4. The molecule has 0 aliphatic carbocycles. The molecule has 2 aromatic heterocycles. The van der Waals surface area contributed by atoms with Crippen molar-refractivity contribution in [3.63, 3.8) is 0 Å². The van der Waals surface area contributed by atoms with Crippen LogP contribution in [0.4, 0.5) is 5.82 Å². The standard InChI is InChI=1S/C4H2Cl2N2.C4H4ClN3/c2*5-3-1-7-2-4(6)8-3/h1-2H;1-2H,(H2,6,8). The second-order valence-corrected chi connectivity index (χ2v) is 3.59. The molecule has 0 aliphatic heterocycles. The van der Waals surface area contributed by atoms with Crippen molar-refractivity contribution in [3.8, 4) is 0 Å². The number of rotatable bonds is 0. The maximum Gasteiger partial charge on any atom is 0.149 e. The highest BCUT2D eigenvalue weighted by molar-refractivity contribution is 6.32. The number of nitrogens with two attached hydrogens (primary N) is 1. The van der Waals surface area contributed by atoms with Crippen LogP contribution in [0, 0.1) is 0 Å². The van der Waals surface area contributed by atoms with E-state index in [-0.39, 0.29) is 0 Å². The molecule has 0 amide bonds. The molecular formula is C8H6Cl3N5. The minimum atomic E-state index is 0.317. The molecule has 0 spiro atoms. The van der Waals surface area contributed by atoms with Gasteiger partial charge in [0.1, 0.15) is 21.3 Å². The van der Waals surface area contributed by atoms with Crippen LogP contribution < -0.4 is 5.73 Å². The lowest BCUT2D eigenvalue weighted by Gasteiger charge is -1.87. The molecule has 5 nitrogen and oxygen atoms in total. The molecule has 0 unspecified atom stereocenters. The van der Waals surface area contributed by atoms with Crippen LogP contribution in [0.2, 0.25) is 15.5 Å². The molecule has 0 saturated heterocycles. The van der Waals surface area contributed by atoms with E-state index in [1.54, 1.807) is 0 Å². The predicted molar refractivity (Wildman–Crippen MR) is 63.5 cm³/mol. The summed E-state index contributed by atoms with van der Waals surface area (Å²) in [5, 5.41) is 0.958. The third kappa shape index (κ3) is 5.06. The maximum atomic E-state index is 5.39. The minimum absolute atomic E-state index is 0.317. The highest BCUT2D eigenvalue weighted by Gasteiger charge is 1.88. The first kappa shape index (κ1) is 12.9. The Kier molecular flexibility index (Phi) is 5.18. The van der Waals surface area contributed by atoms with Crippen LogP contribution in [0.3, 0.4) is 0 Å². The van der Waals surface area contributed by atoms with Crippen LogP contribution in [-0.2, 0) is 0 Å². The zero-order valence-electron chi connectivity index (χ0n) is 7.81. The van der Waals surface area contributed by atoms with E-state index in [4.69, 9.17) is 40.5 Å². The van der Waals surface area contributed by atoms with Crippen LogP contribution >= 0.6 is 34.8 Å². The van der Waals surface area contributed by atoms with Gasteiger partial charge in [-0.1, -0.05) is 34.8 Å². The Labute approximate surface area is 107 Å². The van der Waals surface area contributed by atoms with Crippen LogP contribution in [-0.4, -0.2) is 19.9 Å². The fourth-order valence-corrected chi connectivity index (χ4v) is 1.17. The lowest BCUT2D eigenvalue weighted by Crippen LogP contribution is -1.89. The first-order valence-electron chi connectivity index (χ1n) is 3.94. The van der Waals surface area contributed by atoms with Crippen molar-refractivity contribution in [2.24, 2.45) is 0 Å². The molecule has 2 heterocycles. The van der Waals surface area contributed by atoms with Gasteiger partial charge in [0.2, 0.25) is 0 Å². The highest BCUT2D eigenvalue weighted by Crippen LogP contribution is 2.05. The molecule has 0 atom stereocenters. The smallest absolute Gasteiger partial charge is 0.149 e. The van der Waals surface area contributed by atoms with Gasteiger partial charge in [0.25, 0.3) is 0 Å². The summed E-state index contributed by atoms with van der Waals surface area (Å²) in [7, 11) is 0. The van der Waals surface area contributed by atoms with Gasteiger partial charge in [-0.2, -0.15) is 0 Å². The first-order valence-corrected chi connectivity index (χ1v) is 5.07. The van der Waals surface area contributed by atoms with Crippen molar-refractivity contribution >= 4 is 40.6 Å². The van der Waals surface area contributed by atoms with Crippen molar-refractivity contribution in [2.75, 3.05) is 5.73 Å². The molecule has 2 N–H and O–H groups in total. The Hall–Kier alpha value is -1.17. The van der Waals surface area contributed by atoms with Crippen molar-refractivity contribution < 1.29 is 0 Å². The molecule has 84 valence electrons. The van der Waals surface area contributed by atoms with Gasteiger partial charge in [-0.05, 0) is 0 Å². The average Bonchev–Trinajstić information content (AvgIpc) is 2.17. The highest BCUT2D eigenvalue weighted by atomic mass is 35.5. The third-order valence-corrected chi connectivity index (χ3v) is 1.75. The molecule has 0 bridgehead atoms. The van der Waals surface area contributed by atoms with Crippen molar-refractivity contribution in [1.29, 1.82) is 0 Å². The Balaban J connectivity index is 0.000000160. The number of halogens is 3. The van der Waals surface area contributed by atoms with Crippen molar-refractivity contribution in [3.05, 3.63) is 40.2 Å². The lowest BCUT2D eigenvalue weighted by molar-refractivity contribution is 1.20. The van der Waals surface area contributed by atoms with Crippen LogP contribution in [0.15, 0.2) is 24.8 Å². The lowest BCUT2D eigenvalue weighted by atomic mass is 10.7.